The molecule has 35 nitrogen and oxygen atoms in total. The van der Waals surface area contributed by atoms with Gasteiger partial charge in [0.25, 0.3) is 17.4 Å². The number of aromatic nitrogens is 2. The van der Waals surface area contributed by atoms with E-state index in [0.29, 0.717) is 44.2 Å². The van der Waals surface area contributed by atoms with Crippen molar-refractivity contribution >= 4 is 64.2 Å². The van der Waals surface area contributed by atoms with Gasteiger partial charge in [0.2, 0.25) is 11.3 Å². The SMILES string of the molecule is N#C/C=C/O[C@H]1C[C@H](n2cc(C#CCNC(=O)COCCOC(COc3cccc(C(=O)NCCCC(=O)CCCCCNC(=O)c4ccc(C5=c6cc7c8c(c6Oc6c5cc5c9c6CCCN9CCC5)CCC[N+]=8CCC7)c(C(=O)[O-])c4)c3)N=[N+]=[N-])c(=O)[nH]c2=O)O[C@@H]1COP(=O)(O)OP(=O)(O)OP(=O)(O)O. The summed E-state index contributed by atoms with van der Waals surface area (Å²) in [6.45, 7) is 2.14. The molecular weight excluding hydrogens is 1470 g/mol. The fourth-order valence-electron chi connectivity index (χ4n) is 13.9. The van der Waals surface area contributed by atoms with Crippen LogP contribution in [0, 0.1) is 23.2 Å². The molecule has 11 rings (SSSR count). The number of aryl methyl sites for hydroxylation is 2. The third kappa shape index (κ3) is 20.4. The highest BCUT2D eigenvalue weighted by Gasteiger charge is 2.45. The van der Waals surface area contributed by atoms with E-state index in [4.69, 9.17) is 49.0 Å². The first-order valence-electron chi connectivity index (χ1n) is 34.9. The number of rotatable bonds is 35. The van der Waals surface area contributed by atoms with Gasteiger partial charge in [-0.3, -0.25) is 38.0 Å². The number of carboxylic acid groups (broad SMARTS) is 1. The zero-order valence-corrected chi connectivity index (χ0v) is 60.9. The first-order chi connectivity index (χ1) is 51.9. The number of ether oxygens (including phenoxy) is 6. The van der Waals surface area contributed by atoms with E-state index in [1.54, 1.807) is 36.4 Å². The van der Waals surface area contributed by atoms with Crippen molar-refractivity contribution in [1.82, 2.24) is 30.1 Å². The van der Waals surface area contributed by atoms with Gasteiger partial charge in [0, 0.05) is 119 Å². The van der Waals surface area contributed by atoms with Crippen LogP contribution < -0.4 is 61.8 Å². The average Bonchev–Trinajstić information content (AvgIpc) is 0.743. The molecule has 8 N–H and O–H groups in total. The number of aromatic carboxylic acids is 1. The number of anilines is 1. The minimum absolute atomic E-state index is 0.0214. The molecule has 3 amide bonds. The molecule has 38 heteroatoms. The minimum Gasteiger partial charge on any atom is -0.545 e. The van der Waals surface area contributed by atoms with E-state index in [9.17, 15) is 62.2 Å². The topological polar surface area (TPSA) is 493 Å². The van der Waals surface area contributed by atoms with Crippen molar-refractivity contribution in [3.05, 3.63) is 171 Å². The van der Waals surface area contributed by atoms with Crippen LogP contribution in [-0.4, -0.2) is 156 Å². The molecule has 0 aliphatic carbocycles. The Hall–Kier alpha value is -9.63. The number of amides is 3. The number of azide groups is 1. The number of carbonyl (C=O) groups excluding carboxylic acids is 5. The monoisotopic (exact) mass is 1550 g/mol. The van der Waals surface area contributed by atoms with Crippen LogP contribution in [0.25, 0.3) is 16.0 Å². The van der Waals surface area contributed by atoms with Crippen LogP contribution in [0.15, 0.2) is 87.8 Å². The molecule has 6 aliphatic rings. The third-order valence-electron chi connectivity index (χ3n) is 18.5. The summed E-state index contributed by atoms with van der Waals surface area (Å²) in [7, 11) is -17.2. The zero-order chi connectivity index (χ0) is 76.7. The predicted octanol–water partition coefficient (Wildman–Crippen LogP) is 3.67. The van der Waals surface area contributed by atoms with Gasteiger partial charge < -0.3 is 78.7 Å². The molecule has 572 valence electrons. The lowest BCUT2D eigenvalue weighted by atomic mass is 9.81. The quantitative estimate of drug-likeness (QED) is 0.00324. The summed E-state index contributed by atoms with van der Waals surface area (Å²) < 4.78 is 85.4. The standard InChI is InChI=1S/C70H78N11O24P3/c71-23-11-31-98-56-38-60(102-57(56)40-101-107(93,94)105-108(95,96)104-106(90,91)92)81-39-47(68(86)76-70(81)89)13-5-25-73-58(83)41-97-32-33-99-59(77-78-72)42-100-49-18-4-12-45(34-49)66(84)75-26-6-17-48(82)16-2-1-3-24-74-67(85)46-21-22-50(53(37-46)69(87)88)61-54-35-43-14-7-27-79-29-9-19-51(62(43)79)64(54)103-65-52-20-10-30-80-28-8-15-44(63(52)80)36-55(61)65/h4,11-12,18,21-22,31,34-37,39,56-57,59-60H,1-3,6-10,14-17,19-20,24-30,32-33,38,40-42H2,(H8-,73,74,75,76,83,84,85,86,87,88,89,90,91,92,93,94,95,96)/b31-11+/t56-,57+,59?,60+/m0/s1. The molecule has 3 unspecified atom stereocenters. The maximum Gasteiger partial charge on any atom is 0.490 e. The fourth-order valence-corrected chi connectivity index (χ4v) is 17.0. The lowest BCUT2D eigenvalue weighted by molar-refractivity contribution is -0.255. The van der Waals surface area contributed by atoms with Gasteiger partial charge in [0.1, 0.15) is 73.3 Å². The number of phosphoric acid groups is 3. The van der Waals surface area contributed by atoms with E-state index < -0.39 is 96.3 Å². The number of hydrogen-bond donors (Lipinski definition) is 8. The van der Waals surface area contributed by atoms with Crippen molar-refractivity contribution < 1.29 is 104 Å². The highest BCUT2D eigenvalue weighted by molar-refractivity contribution is 7.66. The Morgan fingerprint density at radius 2 is 1.58 bits per heavy atom. The van der Waals surface area contributed by atoms with E-state index in [1.165, 1.54) is 45.4 Å². The Morgan fingerprint density at radius 1 is 0.843 bits per heavy atom. The molecule has 1 aromatic heterocycles. The number of aromatic amines is 1. The van der Waals surface area contributed by atoms with Crippen LogP contribution in [0.2, 0.25) is 0 Å². The first-order valence-corrected chi connectivity index (χ1v) is 39.5. The maximum absolute atomic E-state index is 13.7. The number of nitriles is 1. The summed E-state index contributed by atoms with van der Waals surface area (Å²) in [6, 6.07) is 17.1. The molecule has 7 heterocycles. The summed E-state index contributed by atoms with van der Waals surface area (Å²) in [6.07, 6.45) is 7.92. The number of carbonyl (C=O) groups is 5. The number of allylic oxidation sites excluding steroid dienone is 1. The first kappa shape index (κ1) is 79.4. The molecule has 0 bridgehead atoms. The van der Waals surface area contributed by atoms with Gasteiger partial charge in [0.05, 0.1) is 56.3 Å². The van der Waals surface area contributed by atoms with Crippen LogP contribution in [-0.2, 0) is 81.1 Å². The van der Waals surface area contributed by atoms with Crippen molar-refractivity contribution in [2.24, 2.45) is 5.11 Å². The summed E-state index contributed by atoms with van der Waals surface area (Å²) in [5.41, 5.74) is 15.6. The number of phosphoric ester groups is 1. The Labute approximate surface area is 616 Å². The number of fused-ring (bicyclic) bond motifs is 4. The molecule has 1 saturated heterocycles. The third-order valence-corrected chi connectivity index (χ3v) is 22.3. The maximum atomic E-state index is 13.7. The Balaban J connectivity index is 0.572. The van der Waals surface area contributed by atoms with Gasteiger partial charge in [-0.2, -0.15) is 13.9 Å². The van der Waals surface area contributed by atoms with Crippen LogP contribution in [0.1, 0.15) is 147 Å². The second-order valence-corrected chi connectivity index (χ2v) is 30.3. The lowest BCUT2D eigenvalue weighted by Gasteiger charge is -2.39. The predicted molar refractivity (Wildman–Crippen MR) is 379 cm³/mol. The number of H-pyrrole nitrogens is 1. The molecule has 4 aromatic carbocycles. The Bertz CT molecular complexity index is 4930. The van der Waals surface area contributed by atoms with Gasteiger partial charge in [-0.15, -0.1) is 0 Å². The highest BCUT2D eigenvalue weighted by Crippen LogP contribution is 2.66. The number of benzene rings is 4. The number of ketones is 1. The van der Waals surface area contributed by atoms with Crippen LogP contribution in [0.3, 0.4) is 0 Å². The molecule has 0 saturated carbocycles. The van der Waals surface area contributed by atoms with Crippen molar-refractivity contribution in [3.8, 4) is 35.2 Å². The average molecular weight is 1550 g/mol. The van der Waals surface area contributed by atoms with E-state index >= 15 is 0 Å². The number of hydrogen-bond acceptors (Lipinski definition) is 23. The molecule has 6 aliphatic heterocycles. The molecule has 6 atom stereocenters. The number of nitrogens with zero attached hydrogens (tertiary/aromatic N) is 7. The number of Topliss-reactive ketones (excluding diaryl/α,β-unsaturated/α-hetero) is 1. The smallest absolute Gasteiger partial charge is 0.490 e. The largest absolute Gasteiger partial charge is 0.545 e. The van der Waals surface area contributed by atoms with Gasteiger partial charge in [-0.25, -0.2) is 23.1 Å². The summed E-state index contributed by atoms with van der Waals surface area (Å²) in [5.74, 6) is 4.04. The molecular formula is C70H78N11O24P3. The number of unbranched alkanes of at least 4 members (excludes halogenated alkanes) is 2. The molecule has 1 fully saturated rings. The van der Waals surface area contributed by atoms with Gasteiger partial charge in [-0.1, -0.05) is 35.5 Å². The number of nitrogens with one attached hydrogen (secondary N) is 4. The van der Waals surface area contributed by atoms with Crippen LogP contribution >= 0.6 is 23.5 Å². The summed E-state index contributed by atoms with van der Waals surface area (Å²) in [4.78, 5) is 135. The van der Waals surface area contributed by atoms with E-state index in [1.807, 2.05) is 4.98 Å². The number of carboxylic acids is 1. The van der Waals surface area contributed by atoms with Crippen LogP contribution in [0.5, 0.6) is 17.2 Å². The fraction of sp³-hybridized carbons (Fsp3) is 0.443. The Morgan fingerprint density at radius 3 is 2.35 bits per heavy atom. The van der Waals surface area contributed by atoms with E-state index in [2.05, 4.69) is 72.6 Å². The summed E-state index contributed by atoms with van der Waals surface area (Å²) >= 11 is 0. The Kier molecular flexibility index (Phi) is 26.5. The summed E-state index contributed by atoms with van der Waals surface area (Å²) in [5, 5.41) is 36.0. The second-order valence-electron chi connectivity index (χ2n) is 25.9. The van der Waals surface area contributed by atoms with Crippen molar-refractivity contribution in [2.45, 2.75) is 121 Å². The highest BCUT2D eigenvalue weighted by atomic mass is 31.3. The van der Waals surface area contributed by atoms with Gasteiger partial charge in [-0.05, 0) is 117 Å². The van der Waals surface area contributed by atoms with Crippen molar-refractivity contribution in [2.75, 3.05) is 83.7 Å². The normalized spacial score (nSPS) is 18.1. The zero-order valence-electron chi connectivity index (χ0n) is 58.3. The van der Waals surface area contributed by atoms with E-state index in [-0.39, 0.29) is 79.5 Å². The van der Waals surface area contributed by atoms with Gasteiger partial charge in [0.15, 0.2) is 6.23 Å². The lowest BCUT2D eigenvalue weighted by Crippen LogP contribution is -2.45. The minimum atomic E-state index is -5.86. The van der Waals surface area contributed by atoms with Crippen molar-refractivity contribution in [1.29, 1.82) is 5.26 Å². The second kappa shape index (κ2) is 36.1. The van der Waals surface area contributed by atoms with Crippen LogP contribution in [0.4, 0.5) is 5.69 Å². The van der Waals surface area contributed by atoms with E-state index in [0.717, 1.165) is 129 Å². The van der Waals surface area contributed by atoms with Gasteiger partial charge >= 0.3 is 29.2 Å². The molecule has 5 aromatic rings. The van der Waals surface area contributed by atoms with Crippen molar-refractivity contribution in [3.63, 3.8) is 0 Å². The molecule has 0 spiro atoms. The molecule has 108 heavy (non-hydrogen) atoms. The molecule has 0 radical (unpaired) electrons.